The topological polar surface area (TPSA) is 59.5 Å². The number of likely N-dealkylation sites (tertiary alicyclic amines) is 1. The highest BCUT2D eigenvalue weighted by Gasteiger charge is 2.29. The van der Waals surface area contributed by atoms with Crippen molar-refractivity contribution in [2.24, 2.45) is 5.92 Å². The van der Waals surface area contributed by atoms with Gasteiger partial charge < -0.3 is 9.64 Å². The molecule has 0 aromatic carbocycles. The number of thiazole rings is 1. The quantitative estimate of drug-likeness (QED) is 0.802. The number of hydrogen-bond donors (Lipinski definition) is 0. The van der Waals surface area contributed by atoms with Crippen LogP contribution >= 0.6 is 11.3 Å². The zero-order valence-electron chi connectivity index (χ0n) is 12.8. The highest BCUT2D eigenvalue weighted by molar-refractivity contribution is 7.09. The van der Waals surface area contributed by atoms with Gasteiger partial charge in [0.05, 0.1) is 17.5 Å². The van der Waals surface area contributed by atoms with E-state index in [2.05, 4.69) is 18.8 Å². The van der Waals surface area contributed by atoms with E-state index in [1.54, 1.807) is 4.90 Å². The molecule has 0 bridgehead atoms. The summed E-state index contributed by atoms with van der Waals surface area (Å²) < 4.78 is 5.04. The Balaban J connectivity index is 1.92. The van der Waals surface area contributed by atoms with Gasteiger partial charge in [0, 0.05) is 24.4 Å². The summed E-state index contributed by atoms with van der Waals surface area (Å²) in [6, 6.07) is 0. The van der Waals surface area contributed by atoms with Crippen LogP contribution in [0.5, 0.6) is 0 Å². The Morgan fingerprint density at radius 2 is 2.10 bits per heavy atom. The first-order chi connectivity index (χ1) is 10.0. The van der Waals surface area contributed by atoms with Crippen LogP contribution in [0.3, 0.4) is 0 Å². The van der Waals surface area contributed by atoms with Crippen molar-refractivity contribution in [2.75, 3.05) is 19.7 Å². The summed E-state index contributed by atoms with van der Waals surface area (Å²) in [7, 11) is 0. The third kappa shape index (κ3) is 3.81. The van der Waals surface area contributed by atoms with Gasteiger partial charge in [-0.25, -0.2) is 4.98 Å². The molecule has 1 aliphatic heterocycles. The summed E-state index contributed by atoms with van der Waals surface area (Å²) in [5, 5.41) is 2.81. The van der Waals surface area contributed by atoms with Gasteiger partial charge in [0.1, 0.15) is 5.69 Å². The second kappa shape index (κ2) is 7.02. The molecule has 1 saturated heterocycles. The number of carbonyl (C=O) groups is 2. The maximum Gasteiger partial charge on any atom is 0.309 e. The number of amides is 1. The number of piperidine rings is 1. The van der Waals surface area contributed by atoms with E-state index >= 15 is 0 Å². The van der Waals surface area contributed by atoms with E-state index in [1.165, 1.54) is 11.3 Å². The molecule has 0 N–H and O–H groups in total. The lowest BCUT2D eigenvalue weighted by molar-refractivity contribution is -0.149. The van der Waals surface area contributed by atoms with Gasteiger partial charge >= 0.3 is 5.97 Å². The number of rotatable bonds is 4. The second-order valence-corrected chi connectivity index (χ2v) is 6.43. The molecular weight excluding hydrogens is 288 g/mol. The molecule has 0 unspecified atom stereocenters. The Morgan fingerprint density at radius 1 is 1.43 bits per heavy atom. The zero-order valence-corrected chi connectivity index (χ0v) is 13.6. The van der Waals surface area contributed by atoms with Crippen LogP contribution in [0.15, 0.2) is 5.38 Å². The minimum atomic E-state index is -0.139. The molecule has 0 spiro atoms. The molecule has 0 aliphatic carbocycles. The first kappa shape index (κ1) is 15.9. The number of esters is 1. The fourth-order valence-corrected chi connectivity index (χ4v) is 3.20. The van der Waals surface area contributed by atoms with Gasteiger partial charge in [0.25, 0.3) is 5.91 Å². The largest absolute Gasteiger partial charge is 0.466 e. The molecule has 0 saturated carbocycles. The second-order valence-electron chi connectivity index (χ2n) is 5.54. The van der Waals surface area contributed by atoms with Gasteiger partial charge in [-0.2, -0.15) is 0 Å². The summed E-state index contributed by atoms with van der Waals surface area (Å²) in [5.74, 6) is 0.0996. The lowest BCUT2D eigenvalue weighted by Gasteiger charge is -2.30. The van der Waals surface area contributed by atoms with Crippen LogP contribution in [-0.4, -0.2) is 41.5 Å². The van der Waals surface area contributed by atoms with Crippen LogP contribution in [0.2, 0.25) is 0 Å². The molecule has 2 rings (SSSR count). The van der Waals surface area contributed by atoms with Crippen molar-refractivity contribution in [2.45, 2.75) is 39.5 Å². The van der Waals surface area contributed by atoms with E-state index < -0.39 is 0 Å². The van der Waals surface area contributed by atoms with Crippen LogP contribution in [0.4, 0.5) is 0 Å². The average molecular weight is 310 g/mol. The Kier molecular flexibility index (Phi) is 5.33. The van der Waals surface area contributed by atoms with Gasteiger partial charge in [-0.3, -0.25) is 9.59 Å². The highest BCUT2D eigenvalue weighted by Crippen LogP contribution is 2.23. The predicted molar refractivity (Wildman–Crippen MR) is 81.5 cm³/mol. The third-order valence-electron chi connectivity index (χ3n) is 3.64. The monoisotopic (exact) mass is 310 g/mol. The Bertz CT molecular complexity index is 505. The van der Waals surface area contributed by atoms with Crippen LogP contribution < -0.4 is 0 Å². The van der Waals surface area contributed by atoms with Crippen molar-refractivity contribution in [3.8, 4) is 0 Å². The normalized spacial score (nSPS) is 16.3. The maximum absolute atomic E-state index is 12.4. The lowest BCUT2D eigenvalue weighted by atomic mass is 9.97. The molecule has 21 heavy (non-hydrogen) atoms. The van der Waals surface area contributed by atoms with Gasteiger partial charge in [-0.15, -0.1) is 11.3 Å². The Labute approximate surface area is 129 Å². The van der Waals surface area contributed by atoms with Gasteiger partial charge in [0.15, 0.2) is 0 Å². The molecule has 116 valence electrons. The van der Waals surface area contributed by atoms with Crippen molar-refractivity contribution in [3.05, 3.63) is 16.1 Å². The smallest absolute Gasteiger partial charge is 0.309 e. The minimum absolute atomic E-state index is 0.0274. The fraction of sp³-hybridized carbons (Fsp3) is 0.667. The van der Waals surface area contributed by atoms with Crippen LogP contribution in [0, 0.1) is 5.92 Å². The summed E-state index contributed by atoms with van der Waals surface area (Å²) in [5.41, 5.74) is 0.526. The van der Waals surface area contributed by atoms with Crippen molar-refractivity contribution >= 4 is 23.2 Å². The van der Waals surface area contributed by atoms with Crippen molar-refractivity contribution in [3.63, 3.8) is 0 Å². The minimum Gasteiger partial charge on any atom is -0.466 e. The Morgan fingerprint density at radius 3 is 2.62 bits per heavy atom. The van der Waals surface area contributed by atoms with E-state index in [4.69, 9.17) is 4.74 Å². The lowest BCUT2D eigenvalue weighted by Crippen LogP contribution is -2.40. The summed E-state index contributed by atoms with van der Waals surface area (Å²) in [6.07, 6.45) is 1.34. The standard InChI is InChI=1S/C15H22N2O3S/c1-4-20-15(19)11-5-7-17(8-6-11)14(18)12-9-21-13(16-12)10(2)3/h9-11H,4-8H2,1-3H3. The molecule has 1 aromatic heterocycles. The number of nitrogens with zero attached hydrogens (tertiary/aromatic N) is 2. The molecule has 1 aliphatic rings. The predicted octanol–water partition coefficient (Wildman–Crippen LogP) is 2.68. The number of hydrogen-bond acceptors (Lipinski definition) is 5. The zero-order chi connectivity index (χ0) is 15.4. The van der Waals surface area contributed by atoms with Crippen molar-refractivity contribution in [1.29, 1.82) is 0 Å². The molecule has 5 nitrogen and oxygen atoms in total. The van der Waals surface area contributed by atoms with E-state index in [1.807, 2.05) is 12.3 Å². The van der Waals surface area contributed by atoms with Gasteiger partial charge in [-0.1, -0.05) is 13.8 Å². The molecule has 2 heterocycles. The summed E-state index contributed by atoms with van der Waals surface area (Å²) >= 11 is 1.53. The van der Waals surface area contributed by atoms with Crippen molar-refractivity contribution in [1.82, 2.24) is 9.88 Å². The van der Waals surface area contributed by atoms with E-state index in [-0.39, 0.29) is 17.8 Å². The first-order valence-corrected chi connectivity index (χ1v) is 8.32. The summed E-state index contributed by atoms with van der Waals surface area (Å²) in [4.78, 5) is 30.3. The van der Waals surface area contributed by atoms with Crippen LogP contribution in [-0.2, 0) is 9.53 Å². The SMILES string of the molecule is CCOC(=O)C1CCN(C(=O)c2csc(C(C)C)n2)CC1. The van der Waals surface area contributed by atoms with Crippen LogP contribution in [0.1, 0.15) is 55.0 Å². The molecule has 1 fully saturated rings. The van der Waals surface area contributed by atoms with Crippen molar-refractivity contribution < 1.29 is 14.3 Å². The molecule has 6 heteroatoms. The number of carbonyl (C=O) groups excluding carboxylic acids is 2. The average Bonchev–Trinajstić information content (AvgIpc) is 2.97. The van der Waals surface area contributed by atoms with Gasteiger partial charge in [0.2, 0.25) is 0 Å². The first-order valence-electron chi connectivity index (χ1n) is 7.44. The van der Waals surface area contributed by atoms with E-state index in [0.29, 0.717) is 44.1 Å². The third-order valence-corrected chi connectivity index (χ3v) is 4.78. The molecule has 0 atom stereocenters. The number of aromatic nitrogens is 1. The molecule has 1 amide bonds. The Hall–Kier alpha value is -1.43. The van der Waals surface area contributed by atoms with E-state index in [0.717, 1.165) is 5.01 Å². The fourth-order valence-electron chi connectivity index (χ4n) is 2.39. The van der Waals surface area contributed by atoms with Crippen LogP contribution in [0.25, 0.3) is 0 Å². The molecular formula is C15H22N2O3S. The highest BCUT2D eigenvalue weighted by atomic mass is 32.1. The maximum atomic E-state index is 12.4. The summed E-state index contributed by atoms with van der Waals surface area (Å²) in [6.45, 7) is 7.55. The van der Waals surface area contributed by atoms with E-state index in [9.17, 15) is 9.59 Å². The van der Waals surface area contributed by atoms with Gasteiger partial charge in [-0.05, 0) is 19.8 Å². The molecule has 1 aromatic rings. The number of ether oxygens (including phenoxy) is 1. The molecule has 0 radical (unpaired) electrons.